The molecule has 136 valence electrons. The molecule has 3 rings (SSSR count). The Labute approximate surface area is 157 Å². The van der Waals surface area contributed by atoms with Crippen molar-refractivity contribution in [3.63, 3.8) is 0 Å². The SMILES string of the molecule is CCC(C)Sc1onc(-c2ccccc2)c1-c1ccccc1S(N)(=O)=O. The van der Waals surface area contributed by atoms with Gasteiger partial charge in [-0.3, -0.25) is 0 Å². The molecule has 1 atom stereocenters. The Bertz CT molecular complexity index is 999. The Morgan fingerprint density at radius 3 is 2.42 bits per heavy atom. The van der Waals surface area contributed by atoms with Crippen molar-refractivity contribution in [2.75, 3.05) is 0 Å². The van der Waals surface area contributed by atoms with Crippen LogP contribution in [0.25, 0.3) is 22.4 Å². The molecule has 1 unspecified atom stereocenters. The van der Waals surface area contributed by atoms with Crippen molar-refractivity contribution in [3.8, 4) is 22.4 Å². The number of hydrogen-bond donors (Lipinski definition) is 1. The molecule has 0 spiro atoms. The molecule has 3 aromatic rings. The lowest BCUT2D eigenvalue weighted by Crippen LogP contribution is -2.13. The molecule has 0 saturated heterocycles. The maximum Gasteiger partial charge on any atom is 0.238 e. The van der Waals surface area contributed by atoms with E-state index in [4.69, 9.17) is 9.66 Å². The molecule has 0 amide bonds. The minimum atomic E-state index is -3.89. The van der Waals surface area contributed by atoms with E-state index in [-0.39, 0.29) is 4.90 Å². The first-order chi connectivity index (χ1) is 12.4. The number of nitrogens with zero attached hydrogens (tertiary/aromatic N) is 1. The van der Waals surface area contributed by atoms with Gasteiger partial charge in [0.2, 0.25) is 15.1 Å². The minimum Gasteiger partial charge on any atom is -0.349 e. The second-order valence-corrected chi connectivity index (χ2v) is 8.88. The van der Waals surface area contributed by atoms with Crippen LogP contribution in [0.15, 0.2) is 69.1 Å². The van der Waals surface area contributed by atoms with Gasteiger partial charge in [0.25, 0.3) is 0 Å². The van der Waals surface area contributed by atoms with Crippen LogP contribution in [0, 0.1) is 0 Å². The lowest BCUT2D eigenvalue weighted by molar-refractivity contribution is 0.352. The summed E-state index contributed by atoms with van der Waals surface area (Å²) in [7, 11) is -3.89. The van der Waals surface area contributed by atoms with Crippen molar-refractivity contribution in [1.29, 1.82) is 0 Å². The highest BCUT2D eigenvalue weighted by atomic mass is 32.2. The molecule has 0 saturated carbocycles. The predicted octanol–water partition coefficient (Wildman–Crippen LogP) is 4.55. The molecule has 0 radical (unpaired) electrons. The van der Waals surface area contributed by atoms with Crippen molar-refractivity contribution < 1.29 is 12.9 Å². The summed E-state index contributed by atoms with van der Waals surface area (Å²) < 4.78 is 29.8. The van der Waals surface area contributed by atoms with Gasteiger partial charge in [0.05, 0.1) is 10.5 Å². The third-order valence-electron chi connectivity index (χ3n) is 4.05. The third-order valence-corrected chi connectivity index (χ3v) is 6.25. The highest BCUT2D eigenvalue weighted by Crippen LogP contribution is 2.43. The van der Waals surface area contributed by atoms with Gasteiger partial charge >= 0.3 is 0 Å². The fourth-order valence-corrected chi connectivity index (χ4v) is 4.26. The number of primary sulfonamides is 1. The maximum atomic E-state index is 12.1. The average molecular weight is 389 g/mol. The molecule has 7 heteroatoms. The first-order valence-corrected chi connectivity index (χ1v) is 10.7. The van der Waals surface area contributed by atoms with E-state index in [9.17, 15) is 8.42 Å². The van der Waals surface area contributed by atoms with Crippen LogP contribution < -0.4 is 5.14 Å². The van der Waals surface area contributed by atoms with E-state index in [1.54, 1.807) is 18.2 Å². The molecular weight excluding hydrogens is 368 g/mol. The summed E-state index contributed by atoms with van der Waals surface area (Å²) in [5, 5.41) is 10.6. The number of sulfonamides is 1. The summed E-state index contributed by atoms with van der Waals surface area (Å²) in [5.74, 6) is 0. The molecule has 0 aliphatic carbocycles. The Kier molecular flexibility index (Phi) is 5.50. The van der Waals surface area contributed by atoms with Gasteiger partial charge in [-0.1, -0.05) is 79.3 Å². The molecule has 2 N–H and O–H groups in total. The van der Waals surface area contributed by atoms with Crippen molar-refractivity contribution in [2.45, 2.75) is 35.5 Å². The predicted molar refractivity (Wildman–Crippen MR) is 104 cm³/mol. The number of nitrogens with two attached hydrogens (primary N) is 1. The summed E-state index contributed by atoms with van der Waals surface area (Å²) in [5.41, 5.74) is 2.62. The summed E-state index contributed by atoms with van der Waals surface area (Å²) in [6, 6.07) is 16.2. The molecular formula is C19H20N2O3S2. The zero-order chi connectivity index (χ0) is 18.7. The Balaban J connectivity index is 2.27. The third kappa shape index (κ3) is 3.85. The Morgan fingerprint density at radius 2 is 1.77 bits per heavy atom. The summed E-state index contributed by atoms with van der Waals surface area (Å²) in [6.45, 7) is 4.18. The standard InChI is InChI=1S/C19H20N2O3S2/c1-3-13(2)25-19-17(15-11-7-8-12-16(15)26(20,22)23)18(21-24-19)14-9-5-4-6-10-14/h4-13H,3H2,1-2H3,(H2,20,22,23). The molecule has 0 aliphatic heterocycles. The molecule has 1 heterocycles. The Morgan fingerprint density at radius 1 is 1.12 bits per heavy atom. The van der Waals surface area contributed by atoms with Crippen LogP contribution in [0.4, 0.5) is 0 Å². The van der Waals surface area contributed by atoms with E-state index in [0.717, 1.165) is 12.0 Å². The molecule has 26 heavy (non-hydrogen) atoms. The van der Waals surface area contributed by atoms with E-state index in [1.165, 1.54) is 17.8 Å². The minimum absolute atomic E-state index is 0.0615. The summed E-state index contributed by atoms with van der Waals surface area (Å²) >= 11 is 1.54. The molecule has 0 bridgehead atoms. The number of aromatic nitrogens is 1. The van der Waals surface area contributed by atoms with Crippen molar-refractivity contribution in [2.24, 2.45) is 5.14 Å². The largest absolute Gasteiger partial charge is 0.349 e. The zero-order valence-electron chi connectivity index (χ0n) is 14.5. The van der Waals surface area contributed by atoms with Crippen LogP contribution in [0.3, 0.4) is 0 Å². The van der Waals surface area contributed by atoms with Gasteiger partial charge in [0.1, 0.15) is 5.69 Å². The van der Waals surface area contributed by atoms with E-state index in [2.05, 4.69) is 19.0 Å². The van der Waals surface area contributed by atoms with E-state index in [0.29, 0.717) is 27.2 Å². The van der Waals surface area contributed by atoms with Crippen molar-refractivity contribution in [1.82, 2.24) is 5.16 Å². The second-order valence-electron chi connectivity index (χ2n) is 5.94. The van der Waals surface area contributed by atoms with Crippen molar-refractivity contribution in [3.05, 3.63) is 54.6 Å². The summed E-state index contributed by atoms with van der Waals surface area (Å²) in [4.78, 5) is 0.0615. The van der Waals surface area contributed by atoms with Crippen LogP contribution in [-0.4, -0.2) is 18.8 Å². The quantitative estimate of drug-likeness (QED) is 0.626. The molecule has 5 nitrogen and oxygen atoms in total. The topological polar surface area (TPSA) is 86.2 Å². The lowest BCUT2D eigenvalue weighted by atomic mass is 10.0. The van der Waals surface area contributed by atoms with E-state index < -0.39 is 10.0 Å². The van der Waals surface area contributed by atoms with Crippen LogP contribution in [-0.2, 0) is 10.0 Å². The molecule has 1 aromatic heterocycles. The highest BCUT2D eigenvalue weighted by Gasteiger charge is 2.25. The van der Waals surface area contributed by atoms with Gasteiger partial charge in [0, 0.05) is 16.4 Å². The smallest absolute Gasteiger partial charge is 0.238 e. The number of rotatable bonds is 6. The number of hydrogen-bond acceptors (Lipinski definition) is 5. The van der Waals surface area contributed by atoms with Crippen LogP contribution in [0.5, 0.6) is 0 Å². The fourth-order valence-electron chi connectivity index (χ4n) is 2.57. The molecule has 0 fully saturated rings. The fraction of sp³-hybridized carbons (Fsp3) is 0.211. The van der Waals surface area contributed by atoms with E-state index in [1.807, 2.05) is 30.3 Å². The monoisotopic (exact) mass is 388 g/mol. The number of thioether (sulfide) groups is 1. The first kappa shape index (κ1) is 18.7. The molecule has 0 aliphatic rings. The Hall–Kier alpha value is -2.09. The maximum absolute atomic E-state index is 12.1. The van der Waals surface area contributed by atoms with Crippen LogP contribution in [0.1, 0.15) is 20.3 Å². The lowest BCUT2D eigenvalue weighted by Gasteiger charge is -2.11. The van der Waals surface area contributed by atoms with Gasteiger partial charge in [-0.15, -0.1) is 0 Å². The van der Waals surface area contributed by atoms with Gasteiger partial charge in [0.15, 0.2) is 0 Å². The van der Waals surface area contributed by atoms with Crippen molar-refractivity contribution >= 4 is 21.8 Å². The second kappa shape index (κ2) is 7.65. The average Bonchev–Trinajstić information content (AvgIpc) is 3.05. The van der Waals surface area contributed by atoms with E-state index >= 15 is 0 Å². The van der Waals surface area contributed by atoms with Gasteiger partial charge in [-0.2, -0.15) is 0 Å². The van der Waals surface area contributed by atoms with Gasteiger partial charge < -0.3 is 4.52 Å². The van der Waals surface area contributed by atoms with Gasteiger partial charge in [-0.05, 0) is 12.5 Å². The summed E-state index contributed by atoms with van der Waals surface area (Å²) in [6.07, 6.45) is 0.947. The van der Waals surface area contributed by atoms with Gasteiger partial charge in [-0.25, -0.2) is 13.6 Å². The van der Waals surface area contributed by atoms with Crippen LogP contribution >= 0.6 is 11.8 Å². The van der Waals surface area contributed by atoms with Crippen LogP contribution in [0.2, 0.25) is 0 Å². The molecule has 2 aromatic carbocycles. The normalized spacial score (nSPS) is 12.9. The highest BCUT2D eigenvalue weighted by molar-refractivity contribution is 7.99. The number of benzene rings is 2. The first-order valence-electron chi connectivity index (χ1n) is 8.25. The zero-order valence-corrected chi connectivity index (χ0v) is 16.2.